The zero-order valence-electron chi connectivity index (χ0n) is 9.19. The van der Waals surface area contributed by atoms with Crippen LogP contribution in [0.1, 0.15) is 43.4 Å². The number of benzene rings is 1. The van der Waals surface area contributed by atoms with E-state index in [4.69, 9.17) is 0 Å². The minimum atomic E-state index is -1.05. The van der Waals surface area contributed by atoms with Gasteiger partial charge in [-0.2, -0.15) is 0 Å². The van der Waals surface area contributed by atoms with E-state index in [9.17, 15) is 9.90 Å². The molecular weight excluding hydrogens is 190 g/mol. The Bertz CT molecular complexity index is 330. The fourth-order valence-electron chi connectivity index (χ4n) is 1.47. The molecule has 0 amide bonds. The van der Waals surface area contributed by atoms with Crippen LogP contribution in [0.25, 0.3) is 0 Å². The highest BCUT2D eigenvalue weighted by molar-refractivity contribution is 5.65. The van der Waals surface area contributed by atoms with E-state index in [1.807, 2.05) is 24.3 Å². The van der Waals surface area contributed by atoms with Crippen molar-refractivity contribution in [3.8, 4) is 0 Å². The molecule has 0 aliphatic rings. The molecule has 0 aliphatic heterocycles. The largest absolute Gasteiger partial charge is 0.550 e. The summed E-state index contributed by atoms with van der Waals surface area (Å²) in [6, 6.07) is 7.70. The maximum absolute atomic E-state index is 10.4. The normalized spacial score (nSPS) is 12.8. The Morgan fingerprint density at radius 3 is 2.13 bits per heavy atom. The molecule has 0 heterocycles. The third-order valence-electron chi connectivity index (χ3n) is 2.49. The molecule has 0 bridgehead atoms. The lowest BCUT2D eigenvalue weighted by atomic mass is 9.98. The van der Waals surface area contributed by atoms with Crippen LogP contribution in [-0.2, 0) is 4.79 Å². The minimum absolute atomic E-state index is 0.0268. The molecule has 1 aromatic rings. The fraction of sp³-hybridized carbons (Fsp3) is 0.417. The summed E-state index contributed by atoms with van der Waals surface area (Å²) in [5, 5.41) is 10.4. The van der Waals surface area contributed by atoms with Crippen molar-refractivity contribution in [3.63, 3.8) is 0 Å². The molecule has 0 spiro atoms. The molecule has 0 unspecified atom stereocenters. The molecule has 0 aliphatic carbocycles. The van der Waals surface area contributed by atoms with E-state index >= 15 is 0 Å². The quantitative estimate of drug-likeness (QED) is 0.768. The number of quaternary nitrogens is 1. The third kappa shape index (κ3) is 3.36. The number of carboxylic acid groups (broad SMARTS) is 1. The first-order valence-electron chi connectivity index (χ1n) is 5.13. The molecule has 1 aromatic carbocycles. The molecule has 3 nitrogen and oxygen atoms in total. The lowest BCUT2D eigenvalue weighted by Gasteiger charge is -2.11. The van der Waals surface area contributed by atoms with Gasteiger partial charge in [-0.1, -0.05) is 38.1 Å². The van der Waals surface area contributed by atoms with Gasteiger partial charge in [0.25, 0.3) is 0 Å². The second kappa shape index (κ2) is 4.94. The topological polar surface area (TPSA) is 67.8 Å². The maximum atomic E-state index is 10.4. The molecule has 0 saturated carbocycles. The first-order chi connectivity index (χ1) is 7.00. The van der Waals surface area contributed by atoms with E-state index in [2.05, 4.69) is 19.6 Å². The Balaban J connectivity index is 2.75. The van der Waals surface area contributed by atoms with Crippen molar-refractivity contribution >= 4 is 5.97 Å². The number of carbonyl (C=O) groups is 1. The second-order valence-electron chi connectivity index (χ2n) is 4.09. The van der Waals surface area contributed by atoms with Crippen molar-refractivity contribution in [1.82, 2.24) is 0 Å². The van der Waals surface area contributed by atoms with Gasteiger partial charge in [-0.15, -0.1) is 0 Å². The van der Waals surface area contributed by atoms with Crippen LogP contribution in [0.2, 0.25) is 0 Å². The van der Waals surface area contributed by atoms with Gasteiger partial charge >= 0.3 is 0 Å². The van der Waals surface area contributed by atoms with Gasteiger partial charge < -0.3 is 15.6 Å². The summed E-state index contributed by atoms with van der Waals surface area (Å²) < 4.78 is 0. The maximum Gasteiger partial charge on any atom is 0.115 e. The standard InChI is InChI=1S/C12H17NO2/c1-8(2)9-3-5-10(6-4-9)11(13)7-12(14)15/h3-6,8,11H,7,13H2,1-2H3,(H,14,15)/t11-/m0/s1. The molecule has 0 saturated heterocycles. The molecule has 1 rings (SSSR count). The number of carboxylic acids is 1. The Kier molecular flexibility index (Phi) is 3.86. The molecule has 0 fully saturated rings. The molecule has 15 heavy (non-hydrogen) atoms. The lowest BCUT2D eigenvalue weighted by molar-refractivity contribution is -0.430. The van der Waals surface area contributed by atoms with Crippen molar-refractivity contribution in [3.05, 3.63) is 35.4 Å². The summed E-state index contributed by atoms with van der Waals surface area (Å²) in [6.45, 7) is 4.25. The molecule has 3 heteroatoms. The van der Waals surface area contributed by atoms with Crippen LogP contribution >= 0.6 is 0 Å². The summed E-state index contributed by atoms with van der Waals surface area (Å²) in [4.78, 5) is 10.4. The van der Waals surface area contributed by atoms with Gasteiger partial charge in [-0.3, -0.25) is 0 Å². The molecule has 82 valence electrons. The number of carbonyl (C=O) groups excluding carboxylic acids is 1. The number of hydrogen-bond acceptors (Lipinski definition) is 2. The van der Waals surface area contributed by atoms with Gasteiger partial charge in [0.15, 0.2) is 0 Å². The monoisotopic (exact) mass is 207 g/mol. The summed E-state index contributed by atoms with van der Waals surface area (Å²) in [5.41, 5.74) is 6.00. The third-order valence-corrected chi connectivity index (χ3v) is 2.49. The lowest BCUT2D eigenvalue weighted by Crippen LogP contribution is -2.55. The highest BCUT2D eigenvalue weighted by Crippen LogP contribution is 2.18. The second-order valence-corrected chi connectivity index (χ2v) is 4.09. The van der Waals surface area contributed by atoms with Gasteiger partial charge in [0.05, 0.1) is 0 Å². The predicted octanol–water partition coefficient (Wildman–Crippen LogP) is 0.233. The van der Waals surface area contributed by atoms with Crippen LogP contribution in [0, 0.1) is 0 Å². The number of aliphatic carboxylic acids is 1. The number of hydrogen-bond donors (Lipinski definition) is 1. The summed E-state index contributed by atoms with van der Waals surface area (Å²) in [5.74, 6) is -0.564. The van der Waals surface area contributed by atoms with Gasteiger partial charge in [0, 0.05) is 18.0 Å². The van der Waals surface area contributed by atoms with Crippen LogP contribution in [0.15, 0.2) is 24.3 Å². The Hall–Kier alpha value is -1.35. The zero-order chi connectivity index (χ0) is 11.4. The van der Waals surface area contributed by atoms with Gasteiger partial charge in [0.1, 0.15) is 6.04 Å². The Labute approximate surface area is 89.9 Å². The molecule has 0 radical (unpaired) electrons. The molecule has 3 N–H and O–H groups in total. The molecule has 1 atom stereocenters. The molecule has 0 aromatic heterocycles. The van der Waals surface area contributed by atoms with E-state index in [-0.39, 0.29) is 12.5 Å². The van der Waals surface area contributed by atoms with Crippen molar-refractivity contribution in [1.29, 1.82) is 0 Å². The minimum Gasteiger partial charge on any atom is -0.550 e. The van der Waals surface area contributed by atoms with Crippen molar-refractivity contribution < 1.29 is 15.6 Å². The van der Waals surface area contributed by atoms with Crippen LogP contribution in [0.4, 0.5) is 0 Å². The van der Waals surface area contributed by atoms with E-state index in [1.54, 1.807) is 0 Å². The SMILES string of the molecule is CC(C)c1ccc([C@@H]([NH3+])CC(=O)[O-])cc1. The number of rotatable bonds is 4. The Morgan fingerprint density at radius 2 is 1.73 bits per heavy atom. The first kappa shape index (κ1) is 11.7. The zero-order valence-corrected chi connectivity index (χ0v) is 9.19. The summed E-state index contributed by atoms with van der Waals surface area (Å²) in [6.07, 6.45) is -0.0268. The average Bonchev–Trinajstić information content (AvgIpc) is 2.17. The van der Waals surface area contributed by atoms with Gasteiger partial charge in [-0.05, 0) is 11.5 Å². The van der Waals surface area contributed by atoms with E-state index in [0.717, 1.165) is 5.56 Å². The summed E-state index contributed by atoms with van der Waals surface area (Å²) in [7, 11) is 0. The highest BCUT2D eigenvalue weighted by Gasteiger charge is 2.09. The van der Waals surface area contributed by atoms with Crippen molar-refractivity contribution in [2.75, 3.05) is 0 Å². The molecular formula is C12H17NO2. The van der Waals surface area contributed by atoms with Crippen molar-refractivity contribution in [2.24, 2.45) is 0 Å². The Morgan fingerprint density at radius 1 is 1.27 bits per heavy atom. The van der Waals surface area contributed by atoms with Gasteiger partial charge in [-0.25, -0.2) is 0 Å². The van der Waals surface area contributed by atoms with E-state index in [0.29, 0.717) is 5.92 Å². The van der Waals surface area contributed by atoms with E-state index in [1.165, 1.54) is 5.56 Å². The highest BCUT2D eigenvalue weighted by atomic mass is 16.4. The average molecular weight is 207 g/mol. The smallest absolute Gasteiger partial charge is 0.115 e. The van der Waals surface area contributed by atoms with Crippen LogP contribution in [-0.4, -0.2) is 5.97 Å². The van der Waals surface area contributed by atoms with Crippen molar-refractivity contribution in [2.45, 2.75) is 32.2 Å². The van der Waals surface area contributed by atoms with Crippen LogP contribution < -0.4 is 10.8 Å². The first-order valence-corrected chi connectivity index (χ1v) is 5.13. The van der Waals surface area contributed by atoms with Gasteiger partial charge in [0.2, 0.25) is 0 Å². The fourth-order valence-corrected chi connectivity index (χ4v) is 1.47. The van der Waals surface area contributed by atoms with E-state index < -0.39 is 5.97 Å². The van der Waals surface area contributed by atoms with Crippen LogP contribution in [0.3, 0.4) is 0 Å². The summed E-state index contributed by atoms with van der Waals surface area (Å²) >= 11 is 0. The predicted molar refractivity (Wildman–Crippen MR) is 55.8 cm³/mol. The van der Waals surface area contributed by atoms with Crippen LogP contribution in [0.5, 0.6) is 0 Å².